The number of ether oxygens (including phenoxy) is 2. The summed E-state index contributed by atoms with van der Waals surface area (Å²) in [5, 5.41) is 22.1. The first kappa shape index (κ1) is 24.2. The number of amides is 2. The Morgan fingerprint density at radius 1 is 1.08 bits per heavy atom. The van der Waals surface area contributed by atoms with Gasteiger partial charge in [0.05, 0.1) is 18.5 Å². The summed E-state index contributed by atoms with van der Waals surface area (Å²) >= 11 is 0. The molecule has 4 rings (SSSR count). The number of nitrogens with zero attached hydrogens (tertiary/aromatic N) is 3. The highest BCUT2D eigenvalue weighted by molar-refractivity contribution is 6.08. The summed E-state index contributed by atoms with van der Waals surface area (Å²) in [4.78, 5) is 36.5. The van der Waals surface area contributed by atoms with Crippen LogP contribution in [0.3, 0.4) is 0 Å². The molecule has 0 bridgehead atoms. The van der Waals surface area contributed by atoms with Crippen molar-refractivity contribution >= 4 is 35.5 Å². The Balaban J connectivity index is 1.70. The Bertz CT molecular complexity index is 1360. The van der Waals surface area contributed by atoms with E-state index in [0.29, 0.717) is 35.3 Å². The third-order valence-electron chi connectivity index (χ3n) is 5.05. The summed E-state index contributed by atoms with van der Waals surface area (Å²) in [5.41, 5.74) is 2.25. The molecule has 4 N–H and O–H groups in total. The number of anilines is 1. The minimum absolute atomic E-state index is 0.168. The van der Waals surface area contributed by atoms with Gasteiger partial charge in [0.2, 0.25) is 17.7 Å². The van der Waals surface area contributed by atoms with Crippen molar-refractivity contribution < 1.29 is 19.1 Å². The molecule has 0 spiro atoms. The molecule has 0 saturated heterocycles. The van der Waals surface area contributed by atoms with Gasteiger partial charge >= 0.3 is 12.0 Å². The molecule has 1 aliphatic heterocycles. The zero-order valence-corrected chi connectivity index (χ0v) is 19.4. The van der Waals surface area contributed by atoms with Crippen molar-refractivity contribution in [2.24, 2.45) is 4.99 Å². The highest BCUT2D eigenvalue weighted by Gasteiger charge is 2.20. The molecule has 0 saturated carbocycles. The molecule has 0 fully saturated rings. The highest BCUT2D eigenvalue weighted by Crippen LogP contribution is 2.27. The molecule has 1 aromatic carbocycles. The van der Waals surface area contributed by atoms with Crippen LogP contribution < -0.4 is 10.6 Å². The maximum absolute atomic E-state index is 12.0. The molecule has 0 aliphatic carbocycles. The summed E-state index contributed by atoms with van der Waals surface area (Å²) in [5.74, 6) is -0.553. The van der Waals surface area contributed by atoms with E-state index in [1.165, 1.54) is 18.5 Å². The number of hydrogen-bond donors (Lipinski definition) is 4. The van der Waals surface area contributed by atoms with Crippen LogP contribution in [0.4, 0.5) is 10.6 Å². The second-order valence-electron chi connectivity index (χ2n) is 7.60. The van der Waals surface area contributed by atoms with Gasteiger partial charge in [0.15, 0.2) is 0 Å². The number of carbonyl (C=O) groups excluding carboxylic acids is 2. The lowest BCUT2D eigenvalue weighted by atomic mass is 10.0. The number of cyclic esters (lactones) is 1. The van der Waals surface area contributed by atoms with Crippen LogP contribution in [0.25, 0.3) is 11.1 Å². The van der Waals surface area contributed by atoms with Crippen LogP contribution in [0.1, 0.15) is 30.0 Å². The van der Waals surface area contributed by atoms with Gasteiger partial charge in [-0.1, -0.05) is 18.2 Å². The Kier molecular flexibility index (Phi) is 7.39. The lowest BCUT2D eigenvalue weighted by Gasteiger charge is -2.15. The van der Waals surface area contributed by atoms with E-state index in [1.807, 2.05) is 6.07 Å². The first-order chi connectivity index (χ1) is 17.4. The Labute approximate surface area is 206 Å². The van der Waals surface area contributed by atoms with Crippen LogP contribution in [0.2, 0.25) is 0 Å². The van der Waals surface area contributed by atoms with Crippen molar-refractivity contribution in [1.29, 1.82) is 10.8 Å². The summed E-state index contributed by atoms with van der Waals surface area (Å²) in [6.45, 7) is 2.54. The molecule has 36 heavy (non-hydrogen) atoms. The number of hydrogen-bond acceptors (Lipinski definition) is 9. The van der Waals surface area contributed by atoms with Gasteiger partial charge in [-0.05, 0) is 31.2 Å². The molecule has 11 nitrogen and oxygen atoms in total. The van der Waals surface area contributed by atoms with Crippen LogP contribution >= 0.6 is 0 Å². The van der Waals surface area contributed by atoms with E-state index in [0.717, 1.165) is 0 Å². The van der Waals surface area contributed by atoms with Crippen molar-refractivity contribution in [1.82, 2.24) is 15.3 Å². The van der Waals surface area contributed by atoms with Crippen LogP contribution in [-0.4, -0.2) is 52.8 Å². The fourth-order valence-electron chi connectivity index (χ4n) is 3.36. The number of aliphatic imine (C=N–C) groups is 1. The first-order valence-corrected chi connectivity index (χ1v) is 11.1. The van der Waals surface area contributed by atoms with E-state index >= 15 is 0 Å². The molecule has 0 atom stereocenters. The van der Waals surface area contributed by atoms with E-state index < -0.39 is 6.03 Å². The number of rotatable bonds is 6. The molecule has 2 amide bonds. The molecular weight excluding hydrogens is 462 g/mol. The minimum atomic E-state index is -0.450. The number of urea groups is 1. The smallest absolute Gasteiger partial charge is 0.320 e. The summed E-state index contributed by atoms with van der Waals surface area (Å²) < 4.78 is 10.8. The number of nitrogens with one attached hydrogen (secondary N) is 4. The number of carbonyl (C=O) groups is 2. The summed E-state index contributed by atoms with van der Waals surface area (Å²) in [6.07, 6.45) is 4.76. The summed E-state index contributed by atoms with van der Waals surface area (Å²) in [6, 6.07) is 11.5. The van der Waals surface area contributed by atoms with Gasteiger partial charge in [-0.25, -0.2) is 9.78 Å². The molecule has 0 radical (unpaired) electrons. The maximum atomic E-state index is 12.0. The standard InChI is InChI=1S/C25H23N7O4/c1-2-29-25(34)32-20-11-18(23(27)36-22(26)15-6-4-3-5-7-15)19(14-31-20)16-10-17(13-28-12-16)24-30-9-8-21(33)35-24/h3-7,10-14,26-27H,2,8-9H2,1H3,(H2,29,31,32,34). The van der Waals surface area contributed by atoms with Gasteiger partial charge < -0.3 is 14.8 Å². The van der Waals surface area contributed by atoms with Gasteiger partial charge in [0, 0.05) is 47.4 Å². The summed E-state index contributed by atoms with van der Waals surface area (Å²) in [7, 11) is 0. The predicted octanol–water partition coefficient (Wildman–Crippen LogP) is 3.35. The largest absolute Gasteiger partial charge is 0.421 e. The minimum Gasteiger partial charge on any atom is -0.421 e. The second-order valence-corrected chi connectivity index (χ2v) is 7.60. The molecule has 182 valence electrons. The lowest BCUT2D eigenvalue weighted by Crippen LogP contribution is -2.28. The zero-order valence-electron chi connectivity index (χ0n) is 19.4. The normalized spacial score (nSPS) is 12.7. The SMILES string of the molecule is CCNC(=O)Nc1cc(C(=N)OC(=N)c2ccccc2)c(-c2cncc(C3=NCCC(=O)O3)c2)cn1. The van der Waals surface area contributed by atoms with Crippen LogP contribution in [0, 0.1) is 10.8 Å². The van der Waals surface area contributed by atoms with E-state index in [-0.39, 0.29) is 41.5 Å². The average Bonchev–Trinajstić information content (AvgIpc) is 2.89. The fourth-order valence-corrected chi connectivity index (χ4v) is 3.36. The molecular formula is C25H23N7O4. The van der Waals surface area contributed by atoms with E-state index in [1.54, 1.807) is 43.5 Å². The molecule has 11 heteroatoms. The number of benzene rings is 1. The van der Waals surface area contributed by atoms with E-state index in [4.69, 9.17) is 20.3 Å². The van der Waals surface area contributed by atoms with Crippen molar-refractivity contribution in [3.05, 3.63) is 77.7 Å². The van der Waals surface area contributed by atoms with Gasteiger partial charge in [0.1, 0.15) is 5.82 Å². The van der Waals surface area contributed by atoms with Gasteiger partial charge in [-0.15, -0.1) is 0 Å². The first-order valence-electron chi connectivity index (χ1n) is 11.1. The van der Waals surface area contributed by atoms with Crippen molar-refractivity contribution in [3.8, 4) is 11.1 Å². The van der Waals surface area contributed by atoms with Gasteiger partial charge in [0.25, 0.3) is 0 Å². The zero-order chi connectivity index (χ0) is 25.5. The van der Waals surface area contributed by atoms with Crippen LogP contribution in [0.5, 0.6) is 0 Å². The predicted molar refractivity (Wildman–Crippen MR) is 133 cm³/mol. The van der Waals surface area contributed by atoms with Crippen molar-refractivity contribution in [3.63, 3.8) is 0 Å². The van der Waals surface area contributed by atoms with E-state index in [9.17, 15) is 9.59 Å². The van der Waals surface area contributed by atoms with Crippen LogP contribution in [0.15, 0.2) is 66.0 Å². The number of esters is 1. The fraction of sp³-hybridized carbons (Fsp3) is 0.160. The lowest BCUT2D eigenvalue weighted by molar-refractivity contribution is -0.135. The highest BCUT2D eigenvalue weighted by atomic mass is 16.5. The molecule has 3 heterocycles. The molecule has 1 aliphatic rings. The quantitative estimate of drug-likeness (QED) is 0.238. The number of pyridine rings is 2. The molecule has 0 unspecified atom stereocenters. The van der Waals surface area contributed by atoms with Crippen molar-refractivity contribution in [2.45, 2.75) is 13.3 Å². The van der Waals surface area contributed by atoms with Crippen molar-refractivity contribution in [2.75, 3.05) is 18.4 Å². The van der Waals surface area contributed by atoms with E-state index in [2.05, 4.69) is 25.6 Å². The Morgan fingerprint density at radius 2 is 1.86 bits per heavy atom. The topological polar surface area (TPSA) is 162 Å². The second kappa shape index (κ2) is 11.0. The Morgan fingerprint density at radius 3 is 2.61 bits per heavy atom. The average molecular weight is 486 g/mol. The molecule has 2 aromatic heterocycles. The number of aromatic nitrogens is 2. The maximum Gasteiger partial charge on any atom is 0.320 e. The van der Waals surface area contributed by atoms with Gasteiger partial charge in [-0.2, -0.15) is 0 Å². The molecule has 3 aromatic rings. The Hall–Kier alpha value is -4.93. The van der Waals surface area contributed by atoms with Crippen LogP contribution in [-0.2, 0) is 14.3 Å². The third-order valence-corrected chi connectivity index (χ3v) is 5.05. The monoisotopic (exact) mass is 485 g/mol. The van der Waals surface area contributed by atoms with Gasteiger partial charge in [-0.3, -0.25) is 30.9 Å². The third kappa shape index (κ3) is 5.76.